The van der Waals surface area contributed by atoms with Crippen molar-refractivity contribution in [1.82, 2.24) is 0 Å². The molecule has 3 nitrogen and oxygen atoms in total. The molecule has 1 aromatic carbocycles. The van der Waals surface area contributed by atoms with Crippen LogP contribution < -0.4 is 4.74 Å². The second kappa shape index (κ2) is 12.6. The molecule has 9 heteroatoms. The minimum absolute atomic E-state index is 0.0330. The molecule has 1 fully saturated rings. The summed E-state index contributed by atoms with van der Waals surface area (Å²) in [4.78, 5) is 0. The average Bonchev–Trinajstić information content (AvgIpc) is 2.83. The smallest absolute Gasteiger partial charge is 0.429 e. The first-order chi connectivity index (χ1) is 17.1. The van der Waals surface area contributed by atoms with Gasteiger partial charge in [-0.05, 0) is 69.6 Å². The van der Waals surface area contributed by atoms with Crippen LogP contribution in [0.25, 0.3) is 0 Å². The molecule has 0 bridgehead atoms. The van der Waals surface area contributed by atoms with Crippen LogP contribution in [0.5, 0.6) is 5.75 Å². The van der Waals surface area contributed by atoms with Crippen molar-refractivity contribution < 1.29 is 40.6 Å². The van der Waals surface area contributed by atoms with Gasteiger partial charge in [0.05, 0.1) is 24.4 Å². The van der Waals surface area contributed by atoms with Gasteiger partial charge >= 0.3 is 12.2 Å². The Labute approximate surface area is 209 Å². The molecule has 0 saturated heterocycles. The highest BCUT2D eigenvalue weighted by Crippen LogP contribution is 2.43. The number of hydrogen-bond acceptors (Lipinski definition) is 3. The van der Waals surface area contributed by atoms with E-state index in [9.17, 15) is 26.3 Å². The fourth-order valence-corrected chi connectivity index (χ4v) is 4.99. The van der Waals surface area contributed by atoms with Crippen molar-refractivity contribution in [3.8, 4) is 5.75 Å². The third-order valence-electron chi connectivity index (χ3n) is 7.10. The summed E-state index contributed by atoms with van der Waals surface area (Å²) in [5.74, 6) is -4.64. The van der Waals surface area contributed by atoms with Crippen LogP contribution in [-0.4, -0.2) is 18.8 Å². The molecule has 1 unspecified atom stereocenters. The van der Waals surface area contributed by atoms with Crippen LogP contribution >= 0.6 is 0 Å². The largest absolute Gasteiger partial charge is 0.491 e. The summed E-state index contributed by atoms with van der Waals surface area (Å²) in [5, 5.41) is 0. The van der Waals surface area contributed by atoms with Crippen molar-refractivity contribution in [1.29, 1.82) is 0 Å². The van der Waals surface area contributed by atoms with E-state index >= 15 is 0 Å². The quantitative estimate of drug-likeness (QED) is 0.203. The minimum atomic E-state index is -4.18. The van der Waals surface area contributed by atoms with E-state index in [1.165, 1.54) is 12.8 Å². The van der Waals surface area contributed by atoms with Gasteiger partial charge in [-0.3, -0.25) is 0 Å². The molecule has 3 rings (SSSR count). The predicted octanol–water partition coefficient (Wildman–Crippen LogP) is 8.86. The molecule has 0 spiro atoms. The van der Waals surface area contributed by atoms with Crippen LogP contribution in [0.1, 0.15) is 90.0 Å². The van der Waals surface area contributed by atoms with Crippen molar-refractivity contribution in [3.05, 3.63) is 41.2 Å². The predicted molar refractivity (Wildman–Crippen MR) is 124 cm³/mol. The molecule has 0 amide bonds. The van der Waals surface area contributed by atoms with Crippen molar-refractivity contribution in [3.63, 3.8) is 0 Å². The lowest BCUT2D eigenvalue weighted by molar-refractivity contribution is -0.299. The Balaban J connectivity index is 1.53. The van der Waals surface area contributed by atoms with Crippen LogP contribution in [0.4, 0.5) is 26.3 Å². The standard InChI is InChI=1S/C27H36F6O3/c1-3-5-6-7-18-8-12-20(13-9-18)35-26(30,31)19-10-14-21(15-11-19)36-27(32,33)22-16-17-23(34-4-2)25(29)24(22)28/h14,16-20H,3-13,15H2,1-2H3. The Kier molecular flexibility index (Phi) is 10.0. The number of unbranched alkanes of at least 4 members (excludes halogenated alkanes) is 2. The lowest BCUT2D eigenvalue weighted by Gasteiger charge is -2.35. The summed E-state index contributed by atoms with van der Waals surface area (Å²) < 4.78 is 102. The van der Waals surface area contributed by atoms with Crippen LogP contribution in [0.3, 0.4) is 0 Å². The SMILES string of the molecule is CCCCCC1CCC(OC(F)(F)C2CC=C(OC(F)(F)c3ccc(OCC)c(F)c3F)CC2)CC1. The summed E-state index contributed by atoms with van der Waals surface area (Å²) in [6.45, 7) is 3.72. The Hall–Kier alpha value is -1.90. The first-order valence-corrected chi connectivity index (χ1v) is 13.0. The molecule has 1 atom stereocenters. The summed E-state index contributed by atoms with van der Waals surface area (Å²) in [6.07, 6.45) is 0.156. The molecule has 1 aromatic rings. The Morgan fingerprint density at radius 3 is 2.25 bits per heavy atom. The van der Waals surface area contributed by atoms with Gasteiger partial charge < -0.3 is 14.2 Å². The first-order valence-electron chi connectivity index (χ1n) is 13.0. The number of ether oxygens (including phenoxy) is 3. The molecule has 2 aliphatic rings. The van der Waals surface area contributed by atoms with Gasteiger partial charge in [0.25, 0.3) is 0 Å². The highest BCUT2D eigenvalue weighted by Gasteiger charge is 2.45. The molecule has 0 aromatic heterocycles. The van der Waals surface area contributed by atoms with E-state index in [0.717, 1.165) is 37.8 Å². The van der Waals surface area contributed by atoms with E-state index in [1.54, 1.807) is 6.92 Å². The summed E-state index contributed by atoms with van der Waals surface area (Å²) in [7, 11) is 0. The van der Waals surface area contributed by atoms with Crippen molar-refractivity contribution in [2.24, 2.45) is 11.8 Å². The minimum Gasteiger partial charge on any atom is -0.491 e. The van der Waals surface area contributed by atoms with Gasteiger partial charge in [0.1, 0.15) is 5.56 Å². The zero-order chi connectivity index (χ0) is 26.3. The van der Waals surface area contributed by atoms with Crippen molar-refractivity contribution >= 4 is 0 Å². The van der Waals surface area contributed by atoms with E-state index in [1.807, 2.05) is 0 Å². The molecule has 0 aliphatic heterocycles. The van der Waals surface area contributed by atoms with Gasteiger partial charge in [-0.2, -0.15) is 22.0 Å². The van der Waals surface area contributed by atoms with Gasteiger partial charge in [-0.15, -0.1) is 0 Å². The molecular formula is C27H36F6O3. The summed E-state index contributed by atoms with van der Waals surface area (Å²) in [6, 6.07) is 1.59. The van der Waals surface area contributed by atoms with Crippen molar-refractivity contribution in [2.75, 3.05) is 6.61 Å². The molecule has 2 aliphatic carbocycles. The maximum absolute atomic E-state index is 14.8. The number of halogens is 6. The van der Waals surface area contributed by atoms with E-state index in [-0.39, 0.29) is 31.6 Å². The Morgan fingerprint density at radius 1 is 0.917 bits per heavy atom. The third-order valence-corrected chi connectivity index (χ3v) is 7.10. The molecular weight excluding hydrogens is 486 g/mol. The maximum atomic E-state index is 14.8. The number of benzene rings is 1. The normalized spacial score (nSPS) is 23.3. The number of alkyl halides is 4. The summed E-state index contributed by atoms with van der Waals surface area (Å²) in [5.41, 5.74) is -1.29. The van der Waals surface area contributed by atoms with Crippen LogP contribution in [0.2, 0.25) is 0 Å². The molecule has 1 saturated carbocycles. The second-order valence-electron chi connectivity index (χ2n) is 9.75. The fraction of sp³-hybridized carbons (Fsp3) is 0.704. The van der Waals surface area contributed by atoms with Gasteiger partial charge in [0.2, 0.25) is 5.82 Å². The average molecular weight is 523 g/mol. The van der Waals surface area contributed by atoms with E-state index < -0.39 is 47.2 Å². The monoisotopic (exact) mass is 522 g/mol. The van der Waals surface area contributed by atoms with Crippen molar-refractivity contribution in [2.45, 2.75) is 103 Å². The first kappa shape index (κ1) is 28.7. The highest BCUT2D eigenvalue weighted by molar-refractivity contribution is 5.33. The number of rotatable bonds is 12. The lowest BCUT2D eigenvalue weighted by Crippen LogP contribution is -2.38. The fourth-order valence-electron chi connectivity index (χ4n) is 4.99. The van der Waals surface area contributed by atoms with Crippen LogP contribution in [0.15, 0.2) is 24.0 Å². The van der Waals surface area contributed by atoms with E-state index in [0.29, 0.717) is 24.8 Å². The topological polar surface area (TPSA) is 27.7 Å². The van der Waals surface area contributed by atoms with Gasteiger partial charge in [-0.1, -0.05) is 32.6 Å². The van der Waals surface area contributed by atoms with Gasteiger partial charge in [0.15, 0.2) is 11.6 Å². The molecule has 0 heterocycles. The van der Waals surface area contributed by atoms with E-state index in [4.69, 9.17) is 9.47 Å². The summed E-state index contributed by atoms with van der Waals surface area (Å²) >= 11 is 0. The van der Waals surface area contributed by atoms with Crippen LogP contribution in [0, 0.1) is 23.5 Å². The highest BCUT2D eigenvalue weighted by atomic mass is 19.3. The number of allylic oxidation sites excluding steroid dienone is 2. The van der Waals surface area contributed by atoms with E-state index in [2.05, 4.69) is 11.7 Å². The third kappa shape index (κ3) is 7.33. The Bertz CT molecular complexity index is 881. The molecule has 0 N–H and O–H groups in total. The zero-order valence-corrected chi connectivity index (χ0v) is 20.9. The molecule has 36 heavy (non-hydrogen) atoms. The zero-order valence-electron chi connectivity index (χ0n) is 20.9. The maximum Gasteiger partial charge on any atom is 0.429 e. The number of hydrogen-bond donors (Lipinski definition) is 0. The molecule has 0 radical (unpaired) electrons. The Morgan fingerprint density at radius 2 is 1.64 bits per heavy atom. The lowest BCUT2D eigenvalue weighted by atomic mass is 9.84. The second-order valence-corrected chi connectivity index (χ2v) is 9.75. The molecule has 204 valence electrons. The van der Waals surface area contributed by atoms with Gasteiger partial charge in [-0.25, -0.2) is 4.39 Å². The van der Waals surface area contributed by atoms with Crippen LogP contribution in [-0.2, 0) is 15.6 Å². The van der Waals surface area contributed by atoms with Gasteiger partial charge in [0, 0.05) is 6.42 Å².